The Balaban J connectivity index is 0.000000168. The smallest absolute Gasteiger partial charge is 0.274 e. The number of aromatic nitrogens is 4. The average molecular weight is 728 g/mol. The summed E-state index contributed by atoms with van der Waals surface area (Å²) in [5.41, 5.74) is 13.5. The molecule has 0 aliphatic heterocycles. The summed E-state index contributed by atoms with van der Waals surface area (Å²) in [4.78, 5) is 24.2. The van der Waals surface area contributed by atoms with E-state index in [9.17, 15) is 4.79 Å². The minimum absolute atomic E-state index is 0.168. The van der Waals surface area contributed by atoms with E-state index in [4.69, 9.17) is 40.5 Å². The fourth-order valence-corrected chi connectivity index (χ4v) is 6.29. The van der Waals surface area contributed by atoms with Crippen molar-refractivity contribution in [3.63, 3.8) is 0 Å². The van der Waals surface area contributed by atoms with E-state index in [0.29, 0.717) is 29.9 Å². The Morgan fingerprint density at radius 1 is 0.780 bits per heavy atom. The van der Waals surface area contributed by atoms with Crippen LogP contribution in [0.25, 0.3) is 17.2 Å². The number of aromatic amines is 1. The van der Waals surface area contributed by atoms with Gasteiger partial charge in [-0.3, -0.25) is 9.89 Å². The highest BCUT2D eigenvalue weighted by molar-refractivity contribution is 6.32. The summed E-state index contributed by atoms with van der Waals surface area (Å²) in [5.74, 6) is 1.95. The first-order valence-electron chi connectivity index (χ1n) is 16.9. The fraction of sp³-hybridized carbons (Fsp3) is 0.275. The number of nitrogens with two attached hydrogens (primary N) is 1. The minimum atomic E-state index is -0.168. The molecule has 0 radical (unpaired) electrons. The lowest BCUT2D eigenvalue weighted by molar-refractivity contribution is 0.763. The SMILES string of the molecule is Cc1c(Cl)cccc1CC1CC1.Cc1c(Cl)cccc1N(Cc1cc(=O)n2[nH]c(-c3ccccc3)nc2n1)C1CC1.Cc1c(N)cccc1Cl. The number of nitrogens with one attached hydrogen (secondary N) is 1. The first-order chi connectivity index (χ1) is 24.1. The second-order valence-electron chi connectivity index (χ2n) is 13.0. The number of nitrogens with zero attached hydrogens (tertiary/aromatic N) is 4. The lowest BCUT2D eigenvalue weighted by Gasteiger charge is -2.26. The van der Waals surface area contributed by atoms with Crippen molar-refractivity contribution in [2.24, 2.45) is 5.92 Å². The van der Waals surface area contributed by atoms with E-state index in [0.717, 1.165) is 61.9 Å². The Bertz CT molecular complexity index is 2130. The number of fused-ring (bicyclic) bond motifs is 1. The van der Waals surface area contributed by atoms with E-state index < -0.39 is 0 Å². The third-order valence-electron chi connectivity index (χ3n) is 9.19. The highest BCUT2D eigenvalue weighted by atomic mass is 35.5. The van der Waals surface area contributed by atoms with Crippen molar-refractivity contribution < 1.29 is 0 Å². The first-order valence-corrected chi connectivity index (χ1v) is 18.0. The monoisotopic (exact) mass is 726 g/mol. The van der Waals surface area contributed by atoms with Crippen molar-refractivity contribution in [2.75, 3.05) is 10.6 Å². The number of hydrogen-bond donors (Lipinski definition) is 2. The van der Waals surface area contributed by atoms with Gasteiger partial charge in [-0.25, -0.2) is 4.98 Å². The van der Waals surface area contributed by atoms with Crippen LogP contribution in [0.1, 0.15) is 53.6 Å². The summed E-state index contributed by atoms with van der Waals surface area (Å²) in [7, 11) is 0. The number of halogens is 3. The molecule has 2 aromatic heterocycles. The van der Waals surface area contributed by atoms with E-state index in [2.05, 4.69) is 39.0 Å². The second kappa shape index (κ2) is 15.7. The molecule has 50 heavy (non-hydrogen) atoms. The van der Waals surface area contributed by atoms with E-state index >= 15 is 0 Å². The molecule has 0 saturated heterocycles. The highest BCUT2D eigenvalue weighted by Crippen LogP contribution is 2.37. The lowest BCUT2D eigenvalue weighted by atomic mass is 10.0. The van der Waals surface area contributed by atoms with Crippen LogP contribution < -0.4 is 16.2 Å². The maximum Gasteiger partial charge on any atom is 0.274 e. The third-order valence-corrected chi connectivity index (χ3v) is 10.4. The normalized spacial score (nSPS) is 13.6. The number of anilines is 2. The molecule has 2 heterocycles. The van der Waals surface area contributed by atoms with Crippen molar-refractivity contribution in [3.8, 4) is 11.4 Å². The molecule has 3 N–H and O–H groups in total. The van der Waals surface area contributed by atoms with Gasteiger partial charge in [-0.2, -0.15) is 9.50 Å². The summed E-state index contributed by atoms with van der Waals surface area (Å²) >= 11 is 18.1. The maximum absolute atomic E-state index is 12.7. The van der Waals surface area contributed by atoms with Gasteiger partial charge >= 0.3 is 0 Å². The van der Waals surface area contributed by atoms with Crippen LogP contribution in [-0.2, 0) is 13.0 Å². The summed E-state index contributed by atoms with van der Waals surface area (Å²) in [5, 5.41) is 5.43. The zero-order valence-electron chi connectivity index (χ0n) is 28.5. The molecule has 2 fully saturated rings. The second-order valence-corrected chi connectivity index (χ2v) is 14.2. The van der Waals surface area contributed by atoms with Gasteiger partial charge in [-0.15, -0.1) is 0 Å². The van der Waals surface area contributed by atoms with Gasteiger partial charge in [0.25, 0.3) is 11.3 Å². The summed E-state index contributed by atoms with van der Waals surface area (Å²) in [6.45, 7) is 6.58. The van der Waals surface area contributed by atoms with E-state index in [1.165, 1.54) is 34.9 Å². The number of benzene rings is 4. The Hall–Kier alpha value is -4.30. The van der Waals surface area contributed by atoms with Crippen molar-refractivity contribution in [2.45, 2.75) is 65.5 Å². The molecule has 10 heteroatoms. The largest absolute Gasteiger partial charge is 0.398 e. The molecular formula is C40H41Cl3N6O. The van der Waals surface area contributed by atoms with Crippen LogP contribution in [0.3, 0.4) is 0 Å². The quantitative estimate of drug-likeness (QED) is 0.160. The average Bonchev–Trinajstić information content (AvgIpc) is 4.06. The molecule has 2 aliphatic rings. The van der Waals surface area contributed by atoms with Crippen molar-refractivity contribution in [3.05, 3.63) is 144 Å². The van der Waals surface area contributed by atoms with Gasteiger partial charge in [0, 0.05) is 44.1 Å². The molecule has 0 atom stereocenters. The lowest BCUT2D eigenvalue weighted by Crippen LogP contribution is -2.28. The van der Waals surface area contributed by atoms with E-state index in [-0.39, 0.29) is 5.56 Å². The molecule has 8 rings (SSSR count). The van der Waals surface area contributed by atoms with Crippen LogP contribution in [-0.4, -0.2) is 25.6 Å². The maximum atomic E-state index is 12.7. The van der Waals surface area contributed by atoms with E-state index in [1.807, 2.05) is 86.6 Å². The molecule has 6 aromatic rings. The molecule has 2 saturated carbocycles. The zero-order valence-corrected chi connectivity index (χ0v) is 30.7. The van der Waals surface area contributed by atoms with Crippen LogP contribution in [0.5, 0.6) is 0 Å². The molecule has 0 unspecified atom stereocenters. The molecule has 7 nitrogen and oxygen atoms in total. The summed E-state index contributed by atoms with van der Waals surface area (Å²) in [6.07, 6.45) is 6.31. The van der Waals surface area contributed by atoms with Crippen LogP contribution in [0.15, 0.2) is 95.8 Å². The number of nitrogen functional groups attached to an aromatic ring is 1. The number of rotatable bonds is 7. The molecule has 2 aliphatic carbocycles. The molecule has 258 valence electrons. The first kappa shape index (κ1) is 35.5. The van der Waals surface area contributed by atoms with Crippen LogP contribution in [0.4, 0.5) is 11.4 Å². The van der Waals surface area contributed by atoms with Crippen molar-refractivity contribution >= 4 is 52.0 Å². The standard InChI is InChI=1S/C22H20ClN5O.C11H13Cl.C7H8ClN/c1-14-18(23)8-5-9-19(14)27(17-10-11-17)13-16-12-20(29)28-22(24-16)25-21(26-28)15-6-3-2-4-7-15;1-8-10(7-9-5-6-9)3-2-4-11(8)12;1-5-6(8)3-2-4-7(5)9/h2-9,12,17H,10-11,13H2,1H3,(H,24,25,26);2-4,9H,5-7H2,1H3;2-4H,9H2,1H3. The predicted molar refractivity (Wildman–Crippen MR) is 208 cm³/mol. The van der Waals surface area contributed by atoms with Gasteiger partial charge < -0.3 is 10.6 Å². The number of H-pyrrole nitrogens is 1. The van der Waals surface area contributed by atoms with Crippen molar-refractivity contribution in [1.29, 1.82) is 0 Å². The van der Waals surface area contributed by atoms with Gasteiger partial charge in [-0.1, -0.05) is 89.4 Å². The Morgan fingerprint density at radius 2 is 1.42 bits per heavy atom. The van der Waals surface area contributed by atoms with E-state index in [1.54, 1.807) is 6.07 Å². The van der Waals surface area contributed by atoms with Crippen LogP contribution >= 0.6 is 34.8 Å². The van der Waals surface area contributed by atoms with Gasteiger partial charge in [0.05, 0.1) is 12.2 Å². The fourth-order valence-electron chi connectivity index (χ4n) is 5.74. The van der Waals surface area contributed by atoms with Gasteiger partial charge in [-0.05, 0) is 111 Å². The summed E-state index contributed by atoms with van der Waals surface area (Å²) in [6, 6.07) is 29.4. The van der Waals surface area contributed by atoms with Gasteiger partial charge in [0.1, 0.15) is 0 Å². The van der Waals surface area contributed by atoms with Crippen LogP contribution in [0.2, 0.25) is 15.1 Å². The summed E-state index contributed by atoms with van der Waals surface area (Å²) < 4.78 is 1.39. The number of hydrogen-bond acceptors (Lipinski definition) is 5. The van der Waals surface area contributed by atoms with Crippen LogP contribution in [0, 0.1) is 26.7 Å². The minimum Gasteiger partial charge on any atom is -0.398 e. The molecule has 0 spiro atoms. The molecular weight excluding hydrogens is 687 g/mol. The Kier molecular flexibility index (Phi) is 11.2. The Labute approximate surface area is 308 Å². The predicted octanol–water partition coefficient (Wildman–Crippen LogP) is 10.0. The topological polar surface area (TPSA) is 92.3 Å². The molecule has 0 amide bonds. The zero-order chi connectivity index (χ0) is 35.4. The molecule has 4 aromatic carbocycles. The molecule has 0 bridgehead atoms. The highest BCUT2D eigenvalue weighted by Gasteiger charge is 2.31. The third kappa shape index (κ3) is 8.70. The Morgan fingerprint density at radius 3 is 2.06 bits per heavy atom. The van der Waals surface area contributed by atoms with Crippen molar-refractivity contribution in [1.82, 2.24) is 19.6 Å². The van der Waals surface area contributed by atoms with Gasteiger partial charge in [0.2, 0.25) is 0 Å². The van der Waals surface area contributed by atoms with Gasteiger partial charge in [0.15, 0.2) is 5.82 Å².